The third-order valence-electron chi connectivity index (χ3n) is 3.75. The highest BCUT2D eigenvalue weighted by Crippen LogP contribution is 2.33. The fourth-order valence-electron chi connectivity index (χ4n) is 2.26. The zero-order chi connectivity index (χ0) is 20.8. The fourth-order valence-corrected chi connectivity index (χ4v) is 2.26. The quantitative estimate of drug-likeness (QED) is 0.230. The van der Waals surface area contributed by atoms with E-state index in [9.17, 15) is 13.2 Å². The van der Waals surface area contributed by atoms with E-state index in [-0.39, 0.29) is 41.8 Å². The SMILES string of the molecule is CN=C(NCCNc1ncccc1C(F)(F)F)NCc1ncc(C(C)(C)C)o1.I. The Morgan fingerprint density at radius 3 is 2.45 bits per heavy atom. The summed E-state index contributed by atoms with van der Waals surface area (Å²) in [5.74, 6) is 1.59. The average molecular weight is 526 g/mol. The van der Waals surface area contributed by atoms with Gasteiger partial charge in [-0.15, -0.1) is 24.0 Å². The van der Waals surface area contributed by atoms with Crippen molar-refractivity contribution in [3.05, 3.63) is 41.7 Å². The molecule has 0 fully saturated rings. The number of halogens is 4. The van der Waals surface area contributed by atoms with Gasteiger partial charge in [-0.25, -0.2) is 9.97 Å². The molecule has 162 valence electrons. The maximum absolute atomic E-state index is 12.9. The first-order chi connectivity index (χ1) is 13.1. The zero-order valence-electron chi connectivity index (χ0n) is 16.7. The van der Waals surface area contributed by atoms with Gasteiger partial charge in [0.05, 0.1) is 18.3 Å². The molecule has 0 aliphatic rings. The lowest BCUT2D eigenvalue weighted by atomic mass is 9.94. The summed E-state index contributed by atoms with van der Waals surface area (Å²) >= 11 is 0. The predicted octanol–water partition coefficient (Wildman–Crippen LogP) is 3.78. The standard InChI is InChI=1S/C18H25F3N6O.HI/c1-17(2,3)13-10-26-14(28-13)11-27-16(22-4)25-9-8-24-15-12(18(19,20)21)6-5-7-23-15;/h5-7,10H,8-9,11H2,1-4H3,(H,23,24)(H2,22,25,27);1H. The van der Waals surface area contributed by atoms with Crippen LogP contribution >= 0.6 is 24.0 Å². The van der Waals surface area contributed by atoms with Crippen molar-refractivity contribution < 1.29 is 17.6 Å². The molecule has 11 heteroatoms. The van der Waals surface area contributed by atoms with Crippen LogP contribution in [0.15, 0.2) is 33.9 Å². The van der Waals surface area contributed by atoms with Gasteiger partial charge in [0.15, 0.2) is 5.96 Å². The smallest absolute Gasteiger partial charge is 0.419 e. The lowest BCUT2D eigenvalue weighted by Crippen LogP contribution is -2.39. The number of alkyl halides is 3. The maximum Gasteiger partial charge on any atom is 0.419 e. The second-order valence-corrected chi connectivity index (χ2v) is 7.04. The van der Waals surface area contributed by atoms with E-state index in [2.05, 4.69) is 30.9 Å². The minimum atomic E-state index is -4.45. The highest BCUT2D eigenvalue weighted by atomic mass is 127. The van der Waals surface area contributed by atoms with E-state index in [0.29, 0.717) is 24.9 Å². The van der Waals surface area contributed by atoms with E-state index < -0.39 is 11.7 Å². The van der Waals surface area contributed by atoms with Crippen molar-refractivity contribution in [1.82, 2.24) is 20.6 Å². The van der Waals surface area contributed by atoms with E-state index in [1.807, 2.05) is 20.8 Å². The molecule has 0 atom stereocenters. The van der Waals surface area contributed by atoms with Crippen LogP contribution in [0.1, 0.15) is 38.0 Å². The molecule has 0 aliphatic heterocycles. The lowest BCUT2D eigenvalue weighted by Gasteiger charge is -2.15. The number of aromatic nitrogens is 2. The Labute approximate surface area is 185 Å². The first kappa shape index (κ1) is 25.0. The Morgan fingerprint density at radius 2 is 1.86 bits per heavy atom. The Balaban J connectivity index is 0.00000420. The van der Waals surface area contributed by atoms with Gasteiger partial charge in [-0.1, -0.05) is 20.8 Å². The lowest BCUT2D eigenvalue weighted by molar-refractivity contribution is -0.137. The topological polar surface area (TPSA) is 87.4 Å². The fraction of sp³-hybridized carbons (Fsp3) is 0.500. The molecule has 2 aromatic heterocycles. The Hall–Kier alpha value is -2.05. The molecule has 29 heavy (non-hydrogen) atoms. The number of hydrogen-bond acceptors (Lipinski definition) is 5. The van der Waals surface area contributed by atoms with Gasteiger partial charge < -0.3 is 20.4 Å². The third-order valence-corrected chi connectivity index (χ3v) is 3.75. The molecule has 0 aliphatic carbocycles. The average Bonchev–Trinajstić information content (AvgIpc) is 3.10. The van der Waals surface area contributed by atoms with E-state index >= 15 is 0 Å². The van der Waals surface area contributed by atoms with Crippen LogP contribution in [0, 0.1) is 0 Å². The number of anilines is 1. The molecule has 2 rings (SSSR count). The highest BCUT2D eigenvalue weighted by Gasteiger charge is 2.33. The van der Waals surface area contributed by atoms with Crippen molar-refractivity contribution in [3.8, 4) is 0 Å². The number of aliphatic imine (C=N–C) groups is 1. The second kappa shape index (κ2) is 10.6. The van der Waals surface area contributed by atoms with Crippen molar-refractivity contribution in [2.24, 2.45) is 4.99 Å². The molecule has 0 spiro atoms. The minimum absolute atomic E-state index is 0. The summed E-state index contributed by atoms with van der Waals surface area (Å²) in [5, 5.41) is 8.73. The van der Waals surface area contributed by atoms with E-state index in [1.165, 1.54) is 12.3 Å². The van der Waals surface area contributed by atoms with Gasteiger partial charge in [0.1, 0.15) is 11.6 Å². The molecule has 0 saturated heterocycles. The summed E-state index contributed by atoms with van der Waals surface area (Å²) in [6.07, 6.45) is -1.44. The number of hydrogen-bond donors (Lipinski definition) is 3. The third kappa shape index (κ3) is 7.71. The molecule has 0 saturated carbocycles. The summed E-state index contributed by atoms with van der Waals surface area (Å²) in [7, 11) is 1.60. The van der Waals surface area contributed by atoms with Gasteiger partial charge in [0, 0.05) is 31.7 Å². The Bertz CT molecular complexity index is 801. The van der Waals surface area contributed by atoms with Crippen LogP contribution in [-0.2, 0) is 18.1 Å². The van der Waals surface area contributed by atoms with Crippen LogP contribution in [0.5, 0.6) is 0 Å². The monoisotopic (exact) mass is 526 g/mol. The van der Waals surface area contributed by atoms with Gasteiger partial charge in [0.2, 0.25) is 5.89 Å². The summed E-state index contributed by atoms with van der Waals surface area (Å²) in [6.45, 7) is 7.00. The van der Waals surface area contributed by atoms with Gasteiger partial charge in [-0.2, -0.15) is 13.2 Å². The summed E-state index contributed by atoms with van der Waals surface area (Å²) in [5.41, 5.74) is -0.923. The van der Waals surface area contributed by atoms with Gasteiger partial charge in [0.25, 0.3) is 0 Å². The second-order valence-electron chi connectivity index (χ2n) is 7.04. The number of guanidine groups is 1. The van der Waals surface area contributed by atoms with Crippen LogP contribution < -0.4 is 16.0 Å². The van der Waals surface area contributed by atoms with Crippen molar-refractivity contribution in [3.63, 3.8) is 0 Å². The normalized spacial score (nSPS) is 12.3. The van der Waals surface area contributed by atoms with Crippen molar-refractivity contribution in [2.75, 3.05) is 25.5 Å². The minimum Gasteiger partial charge on any atom is -0.443 e. The molecular weight excluding hydrogens is 500 g/mol. The van der Waals surface area contributed by atoms with Crippen LogP contribution in [0.2, 0.25) is 0 Å². The summed E-state index contributed by atoms with van der Waals surface area (Å²) < 4.78 is 44.5. The first-order valence-electron chi connectivity index (χ1n) is 8.77. The molecule has 0 unspecified atom stereocenters. The number of rotatable bonds is 6. The number of nitrogens with zero attached hydrogens (tertiary/aromatic N) is 3. The van der Waals surface area contributed by atoms with Gasteiger partial charge >= 0.3 is 6.18 Å². The van der Waals surface area contributed by atoms with E-state index in [1.54, 1.807) is 13.2 Å². The van der Waals surface area contributed by atoms with Crippen LogP contribution in [0.25, 0.3) is 0 Å². The highest BCUT2D eigenvalue weighted by molar-refractivity contribution is 14.0. The largest absolute Gasteiger partial charge is 0.443 e. The maximum atomic E-state index is 12.9. The molecule has 2 aromatic rings. The van der Waals surface area contributed by atoms with E-state index in [0.717, 1.165) is 11.8 Å². The molecule has 0 radical (unpaired) electrons. The molecule has 2 heterocycles. The first-order valence-corrected chi connectivity index (χ1v) is 8.77. The summed E-state index contributed by atoms with van der Waals surface area (Å²) in [6, 6.07) is 2.25. The Morgan fingerprint density at radius 1 is 1.14 bits per heavy atom. The molecular formula is C18H26F3IN6O. The molecule has 7 nitrogen and oxygen atoms in total. The van der Waals surface area contributed by atoms with Crippen LogP contribution in [0.3, 0.4) is 0 Å². The summed E-state index contributed by atoms with van der Waals surface area (Å²) in [4.78, 5) is 12.0. The number of pyridine rings is 1. The molecule has 0 amide bonds. The molecule has 0 bridgehead atoms. The number of nitrogens with one attached hydrogen (secondary N) is 3. The van der Waals surface area contributed by atoms with Gasteiger partial charge in [-0.3, -0.25) is 4.99 Å². The molecule has 3 N–H and O–H groups in total. The van der Waals surface area contributed by atoms with Crippen LogP contribution in [0.4, 0.5) is 19.0 Å². The van der Waals surface area contributed by atoms with Crippen molar-refractivity contribution in [2.45, 2.75) is 38.9 Å². The molecule has 0 aromatic carbocycles. The van der Waals surface area contributed by atoms with Crippen LogP contribution in [-0.4, -0.2) is 36.1 Å². The van der Waals surface area contributed by atoms with E-state index in [4.69, 9.17) is 4.42 Å². The van der Waals surface area contributed by atoms with Gasteiger partial charge in [-0.05, 0) is 12.1 Å². The van der Waals surface area contributed by atoms with Crippen molar-refractivity contribution in [1.29, 1.82) is 0 Å². The Kier molecular flexibility index (Phi) is 9.17. The predicted molar refractivity (Wildman–Crippen MR) is 117 cm³/mol. The zero-order valence-corrected chi connectivity index (χ0v) is 19.1. The number of oxazole rings is 1. The van der Waals surface area contributed by atoms with Crippen molar-refractivity contribution >= 4 is 35.8 Å².